The molecule has 0 unspecified atom stereocenters. The van der Waals surface area contributed by atoms with E-state index in [2.05, 4.69) is 5.32 Å². The van der Waals surface area contributed by atoms with Crippen molar-refractivity contribution in [1.29, 1.82) is 0 Å². The normalized spacial score (nSPS) is 10.1. The molecule has 0 atom stereocenters. The summed E-state index contributed by atoms with van der Waals surface area (Å²) in [7, 11) is 1.45. The van der Waals surface area contributed by atoms with E-state index in [0.29, 0.717) is 11.3 Å². The molecule has 0 saturated heterocycles. The van der Waals surface area contributed by atoms with E-state index in [1.165, 1.54) is 31.4 Å². The maximum Gasteiger partial charge on any atom is 0.337 e. The monoisotopic (exact) mass is 303 g/mol. The number of carboxylic acids is 1. The van der Waals surface area contributed by atoms with Gasteiger partial charge in [-0.1, -0.05) is 0 Å². The number of carbonyl (C=O) groups excluding carboxylic acids is 1. The Bertz CT molecular complexity index is 726. The summed E-state index contributed by atoms with van der Waals surface area (Å²) in [6.07, 6.45) is 0. The highest BCUT2D eigenvalue weighted by Gasteiger charge is 2.18. The second-order valence-electron chi connectivity index (χ2n) is 4.58. The molecule has 2 aromatic rings. The number of benzene rings is 2. The van der Waals surface area contributed by atoms with Crippen LogP contribution in [0.15, 0.2) is 36.4 Å². The molecule has 0 heterocycles. The molecule has 0 spiro atoms. The van der Waals surface area contributed by atoms with Crippen molar-refractivity contribution in [2.24, 2.45) is 0 Å². The first-order chi connectivity index (χ1) is 10.4. The van der Waals surface area contributed by atoms with Crippen LogP contribution < -0.4 is 10.1 Å². The van der Waals surface area contributed by atoms with Crippen LogP contribution in [0, 0.1) is 12.7 Å². The number of anilines is 1. The second-order valence-corrected chi connectivity index (χ2v) is 4.58. The predicted octanol–water partition coefficient (Wildman–Crippen LogP) is 3.09. The average Bonchev–Trinajstić information content (AvgIpc) is 2.49. The molecule has 114 valence electrons. The molecule has 0 aliphatic heterocycles. The molecular formula is C16H14FNO4. The van der Waals surface area contributed by atoms with Gasteiger partial charge in [0.15, 0.2) is 0 Å². The second kappa shape index (κ2) is 6.26. The Balaban J connectivity index is 2.41. The van der Waals surface area contributed by atoms with Gasteiger partial charge in [-0.25, -0.2) is 9.18 Å². The van der Waals surface area contributed by atoms with Gasteiger partial charge < -0.3 is 15.2 Å². The van der Waals surface area contributed by atoms with Crippen molar-refractivity contribution in [2.75, 3.05) is 12.4 Å². The number of hydrogen-bond acceptors (Lipinski definition) is 3. The Morgan fingerprint density at radius 3 is 2.32 bits per heavy atom. The first-order valence-electron chi connectivity index (χ1n) is 6.42. The van der Waals surface area contributed by atoms with E-state index in [0.717, 1.165) is 12.1 Å². The van der Waals surface area contributed by atoms with Crippen molar-refractivity contribution in [3.05, 3.63) is 58.9 Å². The van der Waals surface area contributed by atoms with E-state index < -0.39 is 17.7 Å². The molecule has 2 aromatic carbocycles. The lowest BCUT2D eigenvalue weighted by molar-refractivity contribution is 0.0698. The van der Waals surface area contributed by atoms with E-state index in [1.807, 2.05) is 0 Å². The lowest BCUT2D eigenvalue weighted by Crippen LogP contribution is -2.16. The highest BCUT2D eigenvalue weighted by atomic mass is 19.1. The van der Waals surface area contributed by atoms with Gasteiger partial charge in [0.25, 0.3) is 5.91 Å². The molecule has 0 radical (unpaired) electrons. The minimum Gasteiger partial charge on any atom is -0.496 e. The Morgan fingerprint density at radius 2 is 1.77 bits per heavy atom. The Hall–Kier alpha value is -2.89. The minimum absolute atomic E-state index is 0.0474. The molecule has 22 heavy (non-hydrogen) atoms. The molecule has 2 rings (SSSR count). The molecule has 0 aliphatic rings. The van der Waals surface area contributed by atoms with Crippen LogP contribution in [0.1, 0.15) is 26.3 Å². The SMILES string of the molecule is COc1ccc(C(=O)O)c(NC(=O)c2ccc(F)cc2)c1C. The van der Waals surface area contributed by atoms with Gasteiger partial charge in [0.05, 0.1) is 18.4 Å². The number of halogens is 1. The van der Waals surface area contributed by atoms with Gasteiger partial charge in [0.2, 0.25) is 0 Å². The zero-order chi connectivity index (χ0) is 16.3. The number of rotatable bonds is 4. The van der Waals surface area contributed by atoms with E-state index in [9.17, 15) is 19.1 Å². The molecular weight excluding hydrogens is 289 g/mol. The predicted molar refractivity (Wildman–Crippen MR) is 79.0 cm³/mol. The fraction of sp³-hybridized carbons (Fsp3) is 0.125. The molecule has 0 saturated carbocycles. The molecule has 0 fully saturated rings. The zero-order valence-corrected chi connectivity index (χ0v) is 12.0. The largest absolute Gasteiger partial charge is 0.496 e. The van der Waals surface area contributed by atoms with Gasteiger partial charge in [-0.15, -0.1) is 0 Å². The quantitative estimate of drug-likeness (QED) is 0.910. The fourth-order valence-corrected chi connectivity index (χ4v) is 2.04. The van der Waals surface area contributed by atoms with E-state index in [4.69, 9.17) is 4.74 Å². The number of carbonyl (C=O) groups is 2. The first-order valence-corrected chi connectivity index (χ1v) is 6.42. The topological polar surface area (TPSA) is 75.6 Å². The molecule has 2 N–H and O–H groups in total. The molecule has 6 heteroatoms. The molecule has 0 bridgehead atoms. The summed E-state index contributed by atoms with van der Waals surface area (Å²) < 4.78 is 18.0. The molecule has 0 aromatic heterocycles. The van der Waals surface area contributed by atoms with Crippen LogP contribution in [0.2, 0.25) is 0 Å². The van der Waals surface area contributed by atoms with Crippen LogP contribution in [-0.2, 0) is 0 Å². The molecule has 1 amide bonds. The third-order valence-electron chi connectivity index (χ3n) is 3.21. The zero-order valence-electron chi connectivity index (χ0n) is 12.0. The van der Waals surface area contributed by atoms with Crippen molar-refractivity contribution < 1.29 is 23.8 Å². The van der Waals surface area contributed by atoms with Gasteiger partial charge in [-0.3, -0.25) is 4.79 Å². The number of ether oxygens (including phenoxy) is 1. The van der Waals surface area contributed by atoms with Crippen molar-refractivity contribution in [2.45, 2.75) is 6.92 Å². The lowest BCUT2D eigenvalue weighted by Gasteiger charge is -2.14. The fourth-order valence-electron chi connectivity index (χ4n) is 2.04. The minimum atomic E-state index is -1.17. The van der Waals surface area contributed by atoms with Crippen LogP contribution in [0.4, 0.5) is 10.1 Å². The van der Waals surface area contributed by atoms with Crippen molar-refractivity contribution in [3.63, 3.8) is 0 Å². The van der Waals surface area contributed by atoms with Crippen molar-refractivity contribution >= 4 is 17.6 Å². The third kappa shape index (κ3) is 3.06. The first kappa shape index (κ1) is 15.5. The smallest absolute Gasteiger partial charge is 0.337 e. The Kier molecular flexibility index (Phi) is 4.41. The maximum atomic E-state index is 12.9. The highest BCUT2D eigenvalue weighted by molar-refractivity contribution is 6.08. The Labute approximate surface area is 126 Å². The van der Waals surface area contributed by atoms with Gasteiger partial charge in [0, 0.05) is 11.1 Å². The van der Waals surface area contributed by atoms with E-state index in [1.54, 1.807) is 6.92 Å². The third-order valence-corrected chi connectivity index (χ3v) is 3.21. The van der Waals surface area contributed by atoms with Crippen molar-refractivity contribution in [3.8, 4) is 5.75 Å². The van der Waals surface area contributed by atoms with Crippen LogP contribution in [0.5, 0.6) is 5.75 Å². The number of amides is 1. The summed E-state index contributed by atoms with van der Waals surface area (Å²) >= 11 is 0. The van der Waals surface area contributed by atoms with Crippen molar-refractivity contribution in [1.82, 2.24) is 0 Å². The van der Waals surface area contributed by atoms with E-state index >= 15 is 0 Å². The summed E-state index contributed by atoms with van der Waals surface area (Å²) in [5.74, 6) is -1.70. The van der Waals surface area contributed by atoms with Gasteiger partial charge in [0.1, 0.15) is 11.6 Å². The number of aromatic carboxylic acids is 1. The average molecular weight is 303 g/mol. The van der Waals surface area contributed by atoms with Gasteiger partial charge >= 0.3 is 5.97 Å². The summed E-state index contributed by atoms with van der Waals surface area (Å²) in [4.78, 5) is 23.5. The van der Waals surface area contributed by atoms with Crippen LogP contribution >= 0.6 is 0 Å². The number of nitrogens with one attached hydrogen (secondary N) is 1. The standard InChI is InChI=1S/C16H14FNO4/c1-9-13(22-2)8-7-12(16(20)21)14(9)18-15(19)10-3-5-11(17)6-4-10/h3-8H,1-2H3,(H,18,19)(H,20,21). The van der Waals surface area contributed by atoms with Crippen LogP contribution in [0.25, 0.3) is 0 Å². The lowest BCUT2D eigenvalue weighted by atomic mass is 10.1. The van der Waals surface area contributed by atoms with Crippen LogP contribution in [-0.4, -0.2) is 24.1 Å². The number of carboxylic acid groups (broad SMARTS) is 1. The summed E-state index contributed by atoms with van der Waals surface area (Å²) in [5, 5.41) is 11.8. The highest BCUT2D eigenvalue weighted by Crippen LogP contribution is 2.29. The molecule has 5 nitrogen and oxygen atoms in total. The van der Waals surface area contributed by atoms with Gasteiger partial charge in [-0.05, 0) is 43.3 Å². The maximum absolute atomic E-state index is 12.9. The van der Waals surface area contributed by atoms with Gasteiger partial charge in [-0.2, -0.15) is 0 Å². The number of hydrogen-bond donors (Lipinski definition) is 2. The summed E-state index contributed by atoms with van der Waals surface area (Å²) in [6.45, 7) is 1.64. The number of methoxy groups -OCH3 is 1. The molecule has 0 aliphatic carbocycles. The summed E-state index contributed by atoms with van der Waals surface area (Å²) in [6, 6.07) is 7.83. The van der Waals surface area contributed by atoms with Crippen LogP contribution in [0.3, 0.4) is 0 Å². The summed E-state index contributed by atoms with van der Waals surface area (Å²) in [5.41, 5.74) is 0.827. The van der Waals surface area contributed by atoms with E-state index in [-0.39, 0.29) is 16.8 Å². The Morgan fingerprint density at radius 1 is 1.14 bits per heavy atom.